The summed E-state index contributed by atoms with van der Waals surface area (Å²) in [5.41, 5.74) is 6.03. The van der Waals surface area contributed by atoms with E-state index in [1.165, 1.54) is 6.92 Å². The van der Waals surface area contributed by atoms with Gasteiger partial charge in [-0.25, -0.2) is 0 Å². The summed E-state index contributed by atoms with van der Waals surface area (Å²) in [5.74, 6) is 0.475. The first-order chi connectivity index (χ1) is 11.6. The molecule has 0 saturated carbocycles. The predicted molar refractivity (Wildman–Crippen MR) is 98.4 cm³/mol. The van der Waals surface area contributed by atoms with Crippen molar-refractivity contribution >= 4 is 24.1 Å². The molecule has 1 aromatic carbocycles. The molecule has 0 spiro atoms. The molecule has 25 heavy (non-hydrogen) atoms. The molecule has 0 aromatic heterocycles. The first-order valence-corrected chi connectivity index (χ1v) is 8.43. The van der Waals surface area contributed by atoms with Crippen molar-refractivity contribution in [2.45, 2.75) is 32.3 Å². The largest absolute Gasteiger partial charge is 0.484 e. The molecule has 1 aliphatic heterocycles. The molecule has 0 atom stereocenters. The van der Waals surface area contributed by atoms with Crippen molar-refractivity contribution in [2.24, 2.45) is 5.73 Å². The number of benzene rings is 1. The normalized spacial score (nSPS) is 14.7. The van der Waals surface area contributed by atoms with E-state index in [-0.39, 0.29) is 36.8 Å². The Bertz CT molecular complexity index is 560. The Morgan fingerprint density at radius 2 is 2.00 bits per heavy atom. The number of carbonyl (C=O) groups is 2. The third-order valence-corrected chi connectivity index (χ3v) is 4.10. The van der Waals surface area contributed by atoms with Crippen LogP contribution in [0.2, 0.25) is 0 Å². The molecule has 0 aliphatic carbocycles. The average molecular weight is 371 g/mol. The quantitative estimate of drug-likeness (QED) is 0.559. The Hall–Kier alpha value is -1.63. The summed E-state index contributed by atoms with van der Waals surface area (Å²) in [4.78, 5) is 25.4. The highest BCUT2D eigenvalue weighted by atomic mass is 35.5. The van der Waals surface area contributed by atoms with E-state index in [2.05, 4.69) is 0 Å². The Morgan fingerprint density at radius 3 is 2.64 bits per heavy atom. The number of carbonyl (C=O) groups excluding carboxylic acids is 2. The van der Waals surface area contributed by atoms with Gasteiger partial charge in [0.2, 0.25) is 0 Å². The molecule has 140 valence electrons. The topological polar surface area (TPSA) is 81.9 Å². The zero-order valence-electron chi connectivity index (χ0n) is 14.6. The fraction of sp³-hybridized carbons (Fsp3) is 0.556. The molecule has 7 heteroatoms. The number of ketones is 1. The van der Waals surface area contributed by atoms with Gasteiger partial charge < -0.3 is 20.1 Å². The lowest BCUT2D eigenvalue weighted by Crippen LogP contribution is -2.43. The number of rotatable bonds is 8. The molecule has 1 fully saturated rings. The van der Waals surface area contributed by atoms with E-state index in [0.717, 1.165) is 19.3 Å². The first kappa shape index (κ1) is 21.4. The van der Waals surface area contributed by atoms with Gasteiger partial charge in [-0.1, -0.05) is 12.1 Å². The molecule has 1 heterocycles. The highest BCUT2D eigenvalue weighted by molar-refractivity contribution is 5.94. The molecule has 1 amide bonds. The third kappa shape index (κ3) is 7.02. The number of halogens is 1. The smallest absolute Gasteiger partial charge is 0.260 e. The lowest BCUT2D eigenvalue weighted by atomic mass is 10.1. The van der Waals surface area contributed by atoms with Gasteiger partial charge in [0, 0.05) is 25.3 Å². The zero-order valence-corrected chi connectivity index (χ0v) is 15.4. The van der Waals surface area contributed by atoms with Crippen LogP contribution < -0.4 is 10.5 Å². The Balaban J connectivity index is 0.00000312. The minimum absolute atomic E-state index is 0. The number of ether oxygens (including phenoxy) is 2. The summed E-state index contributed by atoms with van der Waals surface area (Å²) in [6, 6.07) is 6.89. The second-order valence-electron chi connectivity index (χ2n) is 5.97. The molecular weight excluding hydrogens is 344 g/mol. The Labute approximate surface area is 155 Å². The summed E-state index contributed by atoms with van der Waals surface area (Å²) in [6.45, 7) is 4.18. The Kier molecular flexibility index (Phi) is 9.49. The lowest BCUT2D eigenvalue weighted by Gasteiger charge is -2.31. The second-order valence-corrected chi connectivity index (χ2v) is 5.97. The van der Waals surface area contributed by atoms with Crippen LogP contribution in [0.3, 0.4) is 0 Å². The maximum absolute atomic E-state index is 12.2. The van der Waals surface area contributed by atoms with E-state index in [9.17, 15) is 9.59 Å². The predicted octanol–water partition coefficient (Wildman–Crippen LogP) is 2.05. The number of hydrogen-bond donors (Lipinski definition) is 1. The minimum Gasteiger partial charge on any atom is -0.484 e. The molecule has 2 rings (SSSR count). The fourth-order valence-corrected chi connectivity index (χ4v) is 2.65. The SMILES string of the molecule is CC(=O)c1cccc(OCC(=O)N2CCC(OCCCN)CC2)c1.Cl. The standard InChI is InChI=1S/C18H26N2O4.ClH/c1-14(21)15-4-2-5-17(12-15)24-13-18(22)20-9-6-16(7-10-20)23-11-3-8-19;/h2,4-5,12,16H,3,6-11,13,19H2,1H3;1H. The number of hydrogen-bond acceptors (Lipinski definition) is 5. The van der Waals surface area contributed by atoms with Crippen molar-refractivity contribution in [2.75, 3.05) is 32.8 Å². The van der Waals surface area contributed by atoms with Crippen LogP contribution in [0.4, 0.5) is 0 Å². The highest BCUT2D eigenvalue weighted by Gasteiger charge is 2.23. The van der Waals surface area contributed by atoms with Crippen LogP contribution in [0.1, 0.15) is 36.5 Å². The van der Waals surface area contributed by atoms with Crippen molar-refractivity contribution in [1.29, 1.82) is 0 Å². The number of likely N-dealkylation sites (tertiary alicyclic amines) is 1. The van der Waals surface area contributed by atoms with Gasteiger partial charge in [0.15, 0.2) is 12.4 Å². The van der Waals surface area contributed by atoms with Crippen LogP contribution >= 0.6 is 12.4 Å². The number of Topliss-reactive ketones (excluding diaryl/α,β-unsaturated/α-hetero) is 1. The van der Waals surface area contributed by atoms with Gasteiger partial charge >= 0.3 is 0 Å². The molecule has 2 N–H and O–H groups in total. The maximum atomic E-state index is 12.2. The molecule has 0 radical (unpaired) electrons. The van der Waals surface area contributed by atoms with E-state index >= 15 is 0 Å². The van der Waals surface area contributed by atoms with Gasteiger partial charge in [-0.3, -0.25) is 9.59 Å². The van der Waals surface area contributed by atoms with Crippen molar-refractivity contribution < 1.29 is 19.1 Å². The van der Waals surface area contributed by atoms with Crippen molar-refractivity contribution in [3.63, 3.8) is 0 Å². The molecule has 6 nitrogen and oxygen atoms in total. The third-order valence-electron chi connectivity index (χ3n) is 4.10. The van der Waals surface area contributed by atoms with Gasteiger partial charge in [-0.05, 0) is 44.9 Å². The van der Waals surface area contributed by atoms with E-state index < -0.39 is 0 Å². The van der Waals surface area contributed by atoms with Crippen molar-refractivity contribution in [1.82, 2.24) is 4.90 Å². The van der Waals surface area contributed by atoms with Crippen molar-refractivity contribution in [3.8, 4) is 5.75 Å². The van der Waals surface area contributed by atoms with Gasteiger partial charge in [0.05, 0.1) is 6.10 Å². The number of amides is 1. The summed E-state index contributed by atoms with van der Waals surface area (Å²) in [7, 11) is 0. The molecular formula is C18H27ClN2O4. The Morgan fingerprint density at radius 1 is 1.28 bits per heavy atom. The molecule has 0 unspecified atom stereocenters. The van der Waals surface area contributed by atoms with E-state index in [1.807, 2.05) is 0 Å². The average Bonchev–Trinajstić information content (AvgIpc) is 2.60. The monoisotopic (exact) mass is 370 g/mol. The minimum atomic E-state index is -0.0383. The fourth-order valence-electron chi connectivity index (χ4n) is 2.65. The summed E-state index contributed by atoms with van der Waals surface area (Å²) < 4.78 is 11.3. The van der Waals surface area contributed by atoms with Gasteiger partial charge in [-0.2, -0.15) is 0 Å². The van der Waals surface area contributed by atoms with Crippen molar-refractivity contribution in [3.05, 3.63) is 29.8 Å². The van der Waals surface area contributed by atoms with Gasteiger partial charge in [0.1, 0.15) is 5.75 Å². The number of nitrogens with zero attached hydrogens (tertiary/aromatic N) is 1. The summed E-state index contributed by atoms with van der Waals surface area (Å²) >= 11 is 0. The van der Waals surface area contributed by atoms with Crippen LogP contribution in [0.5, 0.6) is 5.75 Å². The maximum Gasteiger partial charge on any atom is 0.260 e. The van der Waals surface area contributed by atoms with Gasteiger partial charge in [0.25, 0.3) is 5.91 Å². The van der Waals surface area contributed by atoms with Crippen LogP contribution in [-0.2, 0) is 9.53 Å². The van der Waals surface area contributed by atoms with E-state index in [1.54, 1.807) is 29.2 Å². The number of piperidine rings is 1. The second kappa shape index (κ2) is 11.1. The molecule has 0 bridgehead atoms. The van der Waals surface area contributed by atoms with Crippen LogP contribution in [-0.4, -0.2) is 55.5 Å². The summed E-state index contributed by atoms with van der Waals surface area (Å²) in [6.07, 6.45) is 2.77. The summed E-state index contributed by atoms with van der Waals surface area (Å²) in [5, 5.41) is 0. The van der Waals surface area contributed by atoms with E-state index in [0.29, 0.717) is 37.6 Å². The van der Waals surface area contributed by atoms with Crippen LogP contribution in [0, 0.1) is 0 Å². The van der Waals surface area contributed by atoms with Gasteiger partial charge in [-0.15, -0.1) is 12.4 Å². The highest BCUT2D eigenvalue weighted by Crippen LogP contribution is 2.16. The zero-order chi connectivity index (χ0) is 17.4. The molecule has 1 aromatic rings. The molecule has 1 saturated heterocycles. The van der Waals surface area contributed by atoms with E-state index in [4.69, 9.17) is 15.2 Å². The molecule has 1 aliphatic rings. The van der Waals surface area contributed by atoms with Crippen LogP contribution in [0.25, 0.3) is 0 Å². The lowest BCUT2D eigenvalue weighted by molar-refractivity contribution is -0.136. The number of nitrogens with two attached hydrogens (primary N) is 1. The van der Waals surface area contributed by atoms with Crippen LogP contribution in [0.15, 0.2) is 24.3 Å². The first-order valence-electron chi connectivity index (χ1n) is 8.43.